The average Bonchev–Trinajstić information content (AvgIpc) is 3.00. The number of sulfonamides is 1. The molecule has 29 heavy (non-hydrogen) atoms. The van der Waals surface area contributed by atoms with Crippen LogP contribution in [-0.2, 0) is 17.1 Å². The van der Waals surface area contributed by atoms with Gasteiger partial charge in [-0.2, -0.15) is 4.31 Å². The van der Waals surface area contributed by atoms with E-state index in [1.807, 2.05) is 6.07 Å². The predicted octanol–water partition coefficient (Wildman–Crippen LogP) is 2.51. The van der Waals surface area contributed by atoms with Crippen LogP contribution in [0.4, 0.5) is 0 Å². The molecular weight excluding hydrogens is 478 g/mol. The van der Waals surface area contributed by atoms with Crippen LogP contribution in [0.3, 0.4) is 0 Å². The number of thiazole rings is 1. The van der Waals surface area contributed by atoms with Crippen LogP contribution in [-0.4, -0.2) is 54.3 Å². The standard InChI is InChI=1S/C19H18BrN3O4S2/c1-21-16-6-5-15(12-17(16)28-19(21)25)29(26,27)23-9-7-22(8-10-23)18(24)13-3-2-4-14(20)11-13/h2-6,11-12H,7-10H2,1H3. The first-order valence-electron chi connectivity index (χ1n) is 8.92. The molecule has 1 aliphatic heterocycles. The molecule has 1 amide bonds. The Hall–Kier alpha value is -2.01. The third-order valence-corrected chi connectivity index (χ3v) is 8.38. The van der Waals surface area contributed by atoms with E-state index in [-0.39, 0.29) is 28.8 Å². The number of carbonyl (C=O) groups excluding carboxylic acids is 1. The summed E-state index contributed by atoms with van der Waals surface area (Å²) in [7, 11) is -2.03. The first-order chi connectivity index (χ1) is 13.8. The Bertz CT molecular complexity index is 1260. The van der Waals surface area contributed by atoms with Crippen molar-refractivity contribution < 1.29 is 13.2 Å². The molecule has 1 fully saturated rings. The van der Waals surface area contributed by atoms with Crippen LogP contribution in [0, 0.1) is 0 Å². The number of amides is 1. The number of nitrogens with zero attached hydrogens (tertiary/aromatic N) is 3. The lowest BCUT2D eigenvalue weighted by Gasteiger charge is -2.34. The number of benzene rings is 2. The molecule has 1 aromatic heterocycles. The Morgan fingerprint density at radius 1 is 1.07 bits per heavy atom. The van der Waals surface area contributed by atoms with Gasteiger partial charge >= 0.3 is 4.87 Å². The van der Waals surface area contributed by atoms with Crippen LogP contribution >= 0.6 is 27.3 Å². The van der Waals surface area contributed by atoms with E-state index in [1.54, 1.807) is 42.3 Å². The lowest BCUT2D eigenvalue weighted by atomic mass is 10.2. The number of carbonyl (C=O) groups is 1. The maximum Gasteiger partial charge on any atom is 0.307 e. The molecule has 0 spiro atoms. The number of aryl methyl sites for hydroxylation is 1. The fourth-order valence-corrected chi connectivity index (χ4v) is 6.20. The minimum absolute atomic E-state index is 0.112. The summed E-state index contributed by atoms with van der Waals surface area (Å²) >= 11 is 4.39. The van der Waals surface area contributed by atoms with E-state index in [1.165, 1.54) is 14.9 Å². The van der Waals surface area contributed by atoms with Gasteiger partial charge in [0, 0.05) is 43.3 Å². The second-order valence-electron chi connectivity index (χ2n) is 6.76. The van der Waals surface area contributed by atoms with E-state index in [0.717, 1.165) is 15.8 Å². The number of halogens is 1. The molecule has 3 aromatic rings. The van der Waals surface area contributed by atoms with Crippen molar-refractivity contribution in [2.24, 2.45) is 7.05 Å². The highest BCUT2D eigenvalue weighted by atomic mass is 79.9. The summed E-state index contributed by atoms with van der Waals surface area (Å²) in [4.78, 5) is 26.2. The zero-order valence-corrected chi connectivity index (χ0v) is 18.8. The molecule has 0 saturated carbocycles. The third-order valence-electron chi connectivity index (χ3n) is 5.00. The number of hydrogen-bond donors (Lipinski definition) is 0. The normalized spacial score (nSPS) is 15.7. The topological polar surface area (TPSA) is 79.7 Å². The van der Waals surface area contributed by atoms with Gasteiger partial charge in [0.05, 0.1) is 15.1 Å². The molecular formula is C19H18BrN3O4S2. The van der Waals surface area contributed by atoms with Gasteiger partial charge in [-0.25, -0.2) is 8.42 Å². The van der Waals surface area contributed by atoms with Gasteiger partial charge in [0.1, 0.15) is 0 Å². The Kier molecular flexibility index (Phi) is 5.36. The highest BCUT2D eigenvalue weighted by Gasteiger charge is 2.30. The van der Waals surface area contributed by atoms with Gasteiger partial charge in [-0.05, 0) is 36.4 Å². The van der Waals surface area contributed by atoms with E-state index in [9.17, 15) is 18.0 Å². The molecule has 0 bridgehead atoms. The van der Waals surface area contributed by atoms with Gasteiger partial charge in [0.2, 0.25) is 10.0 Å². The number of fused-ring (bicyclic) bond motifs is 1. The van der Waals surface area contributed by atoms with Crippen LogP contribution in [0.25, 0.3) is 10.2 Å². The molecule has 0 N–H and O–H groups in total. The molecule has 1 saturated heterocycles. The van der Waals surface area contributed by atoms with Crippen molar-refractivity contribution in [3.05, 3.63) is 62.2 Å². The van der Waals surface area contributed by atoms with Crippen molar-refractivity contribution in [2.75, 3.05) is 26.2 Å². The Morgan fingerprint density at radius 3 is 2.48 bits per heavy atom. The van der Waals surface area contributed by atoms with Crippen molar-refractivity contribution in [3.63, 3.8) is 0 Å². The maximum absolute atomic E-state index is 13.0. The van der Waals surface area contributed by atoms with Crippen molar-refractivity contribution in [1.29, 1.82) is 0 Å². The molecule has 0 unspecified atom stereocenters. The molecule has 10 heteroatoms. The van der Waals surface area contributed by atoms with E-state index < -0.39 is 10.0 Å². The Balaban J connectivity index is 1.51. The summed E-state index contributed by atoms with van der Waals surface area (Å²) in [6, 6.07) is 11.9. The zero-order chi connectivity index (χ0) is 20.8. The molecule has 0 radical (unpaired) electrons. The monoisotopic (exact) mass is 495 g/mol. The SMILES string of the molecule is Cn1c(=O)sc2cc(S(=O)(=O)N3CCN(C(=O)c4cccc(Br)c4)CC3)ccc21. The molecule has 152 valence electrons. The Labute approximate surface area is 180 Å². The summed E-state index contributed by atoms with van der Waals surface area (Å²) in [5.74, 6) is -0.112. The fourth-order valence-electron chi connectivity index (χ4n) is 3.36. The maximum atomic E-state index is 13.0. The number of piperazine rings is 1. The van der Waals surface area contributed by atoms with Crippen LogP contribution in [0.5, 0.6) is 0 Å². The van der Waals surface area contributed by atoms with Gasteiger partial charge in [0.15, 0.2) is 0 Å². The van der Waals surface area contributed by atoms with Crippen molar-refractivity contribution in [1.82, 2.24) is 13.8 Å². The summed E-state index contributed by atoms with van der Waals surface area (Å²) in [6.45, 7) is 1.10. The van der Waals surface area contributed by atoms with E-state index in [0.29, 0.717) is 28.9 Å². The highest BCUT2D eigenvalue weighted by molar-refractivity contribution is 9.10. The number of aromatic nitrogens is 1. The molecule has 4 rings (SSSR count). The minimum Gasteiger partial charge on any atom is -0.336 e. The van der Waals surface area contributed by atoms with Crippen molar-refractivity contribution >= 4 is 53.4 Å². The molecule has 0 atom stereocenters. The van der Waals surface area contributed by atoms with Gasteiger partial charge < -0.3 is 9.47 Å². The van der Waals surface area contributed by atoms with Gasteiger partial charge in [0.25, 0.3) is 5.91 Å². The first-order valence-corrected chi connectivity index (χ1v) is 12.0. The summed E-state index contributed by atoms with van der Waals surface area (Å²) in [5, 5.41) is 0. The highest BCUT2D eigenvalue weighted by Crippen LogP contribution is 2.24. The van der Waals surface area contributed by atoms with Crippen molar-refractivity contribution in [3.8, 4) is 0 Å². The van der Waals surface area contributed by atoms with Crippen molar-refractivity contribution in [2.45, 2.75) is 4.90 Å². The average molecular weight is 496 g/mol. The number of hydrogen-bond acceptors (Lipinski definition) is 5. The quantitative estimate of drug-likeness (QED) is 0.559. The minimum atomic E-state index is -3.69. The molecule has 2 aromatic carbocycles. The summed E-state index contributed by atoms with van der Waals surface area (Å²) < 4.78 is 30.5. The molecule has 7 nitrogen and oxygen atoms in total. The van der Waals surface area contributed by atoms with Crippen LogP contribution in [0.2, 0.25) is 0 Å². The van der Waals surface area contributed by atoms with Crippen LogP contribution in [0.15, 0.2) is 56.6 Å². The fraction of sp³-hybridized carbons (Fsp3) is 0.263. The first kappa shape index (κ1) is 20.3. The lowest BCUT2D eigenvalue weighted by Crippen LogP contribution is -2.50. The van der Waals surface area contributed by atoms with E-state index in [4.69, 9.17) is 0 Å². The Morgan fingerprint density at radius 2 is 1.79 bits per heavy atom. The molecule has 2 heterocycles. The van der Waals surface area contributed by atoms with Crippen LogP contribution < -0.4 is 4.87 Å². The van der Waals surface area contributed by atoms with Gasteiger partial charge in [-0.1, -0.05) is 33.3 Å². The van der Waals surface area contributed by atoms with Gasteiger partial charge in [-0.3, -0.25) is 9.59 Å². The molecule has 1 aliphatic rings. The second kappa shape index (κ2) is 7.67. The smallest absolute Gasteiger partial charge is 0.307 e. The second-order valence-corrected chi connectivity index (χ2v) is 10.6. The van der Waals surface area contributed by atoms with E-state index >= 15 is 0 Å². The number of rotatable bonds is 3. The van der Waals surface area contributed by atoms with Gasteiger partial charge in [-0.15, -0.1) is 0 Å². The van der Waals surface area contributed by atoms with E-state index in [2.05, 4.69) is 15.9 Å². The molecule has 0 aliphatic carbocycles. The summed E-state index contributed by atoms with van der Waals surface area (Å²) in [6.07, 6.45) is 0. The predicted molar refractivity (Wildman–Crippen MR) is 116 cm³/mol. The summed E-state index contributed by atoms with van der Waals surface area (Å²) in [5.41, 5.74) is 1.28. The zero-order valence-electron chi connectivity index (χ0n) is 15.5. The third kappa shape index (κ3) is 3.77. The van der Waals surface area contributed by atoms with Crippen LogP contribution in [0.1, 0.15) is 10.4 Å². The lowest BCUT2D eigenvalue weighted by molar-refractivity contribution is 0.0698. The largest absolute Gasteiger partial charge is 0.336 e.